The number of hydrogen-bond donors (Lipinski definition) is 1. The van der Waals surface area contributed by atoms with Crippen molar-refractivity contribution >= 4 is 40.7 Å². The number of Topliss-reactive ketones (excluding diaryl/α,β-unsaturated/α-hetero) is 1. The first-order chi connectivity index (χ1) is 15.5. The molecule has 0 saturated carbocycles. The number of hydrogen-bond acceptors (Lipinski definition) is 6. The third-order valence-electron chi connectivity index (χ3n) is 4.62. The number of ketones is 1. The van der Waals surface area contributed by atoms with E-state index in [9.17, 15) is 9.59 Å². The number of anilines is 1. The van der Waals surface area contributed by atoms with Gasteiger partial charge in [-0.2, -0.15) is 4.68 Å². The first-order valence-corrected chi connectivity index (χ1v) is 11.0. The second-order valence-corrected chi connectivity index (χ2v) is 8.31. The number of nitrogens with one attached hydrogen (secondary N) is 1. The number of rotatable bonds is 7. The van der Waals surface area contributed by atoms with Gasteiger partial charge in [0.1, 0.15) is 0 Å². The molecule has 7 nitrogen and oxygen atoms in total. The zero-order valence-corrected chi connectivity index (χ0v) is 18.6. The summed E-state index contributed by atoms with van der Waals surface area (Å²) in [5.41, 5.74) is 3.43. The number of benzene rings is 3. The van der Waals surface area contributed by atoms with Gasteiger partial charge in [0.2, 0.25) is 5.16 Å². The molecule has 0 unspecified atom stereocenters. The Morgan fingerprint density at radius 1 is 1.00 bits per heavy atom. The van der Waals surface area contributed by atoms with Crippen molar-refractivity contribution in [2.45, 2.75) is 17.8 Å². The molecule has 4 rings (SSSR count). The second kappa shape index (κ2) is 9.76. The lowest BCUT2D eigenvalue weighted by Gasteiger charge is -2.08. The first kappa shape index (κ1) is 21.7. The smallest absolute Gasteiger partial charge is 0.255 e. The fourth-order valence-corrected chi connectivity index (χ4v) is 3.91. The molecule has 32 heavy (non-hydrogen) atoms. The number of amides is 1. The van der Waals surface area contributed by atoms with Gasteiger partial charge in [0.25, 0.3) is 5.91 Å². The molecular formula is C23H18ClN5O2S. The Labute approximate surface area is 193 Å². The van der Waals surface area contributed by atoms with Crippen LogP contribution in [0, 0.1) is 0 Å². The third kappa shape index (κ3) is 5.22. The highest BCUT2D eigenvalue weighted by atomic mass is 35.5. The van der Waals surface area contributed by atoms with Gasteiger partial charge in [-0.15, -0.1) is 5.10 Å². The van der Waals surface area contributed by atoms with Gasteiger partial charge in [-0.1, -0.05) is 47.6 Å². The topological polar surface area (TPSA) is 89.8 Å². The third-order valence-corrected chi connectivity index (χ3v) is 5.87. The van der Waals surface area contributed by atoms with Gasteiger partial charge in [-0.3, -0.25) is 9.59 Å². The monoisotopic (exact) mass is 463 g/mol. The standard InChI is InChI=1S/C23H18ClN5O2S/c1-15(30)18-3-2-4-20(13-18)25-22(31)17-7-11-21(12-8-17)29-23(26-27-28-29)32-14-16-5-9-19(24)10-6-16/h2-13H,14H2,1H3,(H,25,31). The van der Waals surface area contributed by atoms with Gasteiger partial charge in [-0.05, 0) is 71.4 Å². The Hall–Kier alpha value is -3.49. The maximum Gasteiger partial charge on any atom is 0.255 e. The van der Waals surface area contributed by atoms with E-state index in [1.54, 1.807) is 53.2 Å². The highest BCUT2D eigenvalue weighted by Crippen LogP contribution is 2.23. The highest BCUT2D eigenvalue weighted by Gasteiger charge is 2.12. The average molecular weight is 464 g/mol. The fourth-order valence-electron chi connectivity index (χ4n) is 2.93. The minimum absolute atomic E-state index is 0.0587. The molecule has 1 N–H and O–H groups in total. The summed E-state index contributed by atoms with van der Waals surface area (Å²) in [4.78, 5) is 24.1. The summed E-state index contributed by atoms with van der Waals surface area (Å²) in [6.07, 6.45) is 0. The summed E-state index contributed by atoms with van der Waals surface area (Å²) in [5.74, 6) is 0.361. The molecule has 0 aliphatic heterocycles. The van der Waals surface area contributed by atoms with Crippen LogP contribution < -0.4 is 5.32 Å². The van der Waals surface area contributed by atoms with E-state index in [0.717, 1.165) is 11.3 Å². The predicted octanol–water partition coefficient (Wildman–Crippen LogP) is 5.06. The molecule has 0 aliphatic carbocycles. The average Bonchev–Trinajstić information content (AvgIpc) is 3.27. The molecule has 0 saturated heterocycles. The molecule has 0 spiro atoms. The van der Waals surface area contributed by atoms with Crippen LogP contribution in [0.5, 0.6) is 0 Å². The zero-order valence-electron chi connectivity index (χ0n) is 17.0. The summed E-state index contributed by atoms with van der Waals surface area (Å²) in [6.45, 7) is 1.49. The maximum atomic E-state index is 12.6. The summed E-state index contributed by atoms with van der Waals surface area (Å²) in [6, 6.07) is 21.4. The normalized spacial score (nSPS) is 10.7. The Balaban J connectivity index is 1.44. The molecule has 1 aromatic heterocycles. The van der Waals surface area contributed by atoms with Crippen LogP contribution in [0.3, 0.4) is 0 Å². The summed E-state index contributed by atoms with van der Waals surface area (Å²) in [5, 5.41) is 16.1. The van der Waals surface area contributed by atoms with Crippen LogP contribution >= 0.6 is 23.4 Å². The van der Waals surface area contributed by atoms with Crippen LogP contribution in [0.2, 0.25) is 5.02 Å². The maximum absolute atomic E-state index is 12.6. The van der Waals surface area contributed by atoms with E-state index in [0.29, 0.717) is 32.7 Å². The number of carbonyl (C=O) groups excluding carboxylic acids is 2. The molecular weight excluding hydrogens is 446 g/mol. The molecule has 160 valence electrons. The van der Waals surface area contributed by atoms with E-state index in [1.165, 1.54) is 18.7 Å². The van der Waals surface area contributed by atoms with Crippen LogP contribution in [0.4, 0.5) is 5.69 Å². The SMILES string of the molecule is CC(=O)c1cccc(NC(=O)c2ccc(-n3nnnc3SCc3ccc(Cl)cc3)cc2)c1. The van der Waals surface area contributed by atoms with Crippen molar-refractivity contribution in [3.8, 4) is 5.69 Å². The first-order valence-electron chi connectivity index (χ1n) is 9.68. The van der Waals surface area contributed by atoms with Crippen molar-refractivity contribution in [2.75, 3.05) is 5.32 Å². The Bertz CT molecular complexity index is 1260. The Kier molecular flexibility index (Phi) is 6.63. The molecule has 3 aromatic carbocycles. The van der Waals surface area contributed by atoms with E-state index < -0.39 is 0 Å². The molecule has 0 atom stereocenters. The molecule has 9 heteroatoms. The number of thioether (sulfide) groups is 1. The minimum Gasteiger partial charge on any atom is -0.322 e. The van der Waals surface area contributed by atoms with Gasteiger partial charge in [0.15, 0.2) is 5.78 Å². The van der Waals surface area contributed by atoms with E-state index in [1.807, 2.05) is 24.3 Å². The van der Waals surface area contributed by atoms with Crippen LogP contribution in [-0.4, -0.2) is 31.9 Å². The minimum atomic E-state index is -0.272. The van der Waals surface area contributed by atoms with Crippen molar-refractivity contribution in [3.05, 3.63) is 94.5 Å². The van der Waals surface area contributed by atoms with Gasteiger partial charge in [-0.25, -0.2) is 0 Å². The van der Waals surface area contributed by atoms with E-state index in [2.05, 4.69) is 20.8 Å². The van der Waals surface area contributed by atoms with Crippen LogP contribution in [0.25, 0.3) is 5.69 Å². The molecule has 4 aromatic rings. The van der Waals surface area contributed by atoms with Gasteiger partial charge in [0, 0.05) is 27.6 Å². The van der Waals surface area contributed by atoms with E-state index in [-0.39, 0.29) is 11.7 Å². The summed E-state index contributed by atoms with van der Waals surface area (Å²) in [7, 11) is 0. The molecule has 1 heterocycles. The molecule has 0 radical (unpaired) electrons. The number of carbonyl (C=O) groups is 2. The number of halogens is 1. The second-order valence-electron chi connectivity index (χ2n) is 6.93. The number of tetrazole rings is 1. The fraction of sp³-hybridized carbons (Fsp3) is 0.0870. The van der Waals surface area contributed by atoms with Crippen molar-refractivity contribution in [3.63, 3.8) is 0 Å². The van der Waals surface area contributed by atoms with Crippen molar-refractivity contribution in [2.24, 2.45) is 0 Å². The lowest BCUT2D eigenvalue weighted by molar-refractivity contribution is 0.101. The van der Waals surface area contributed by atoms with E-state index in [4.69, 9.17) is 11.6 Å². The predicted molar refractivity (Wildman–Crippen MR) is 125 cm³/mol. The van der Waals surface area contributed by atoms with Gasteiger partial charge in [0.05, 0.1) is 5.69 Å². The summed E-state index contributed by atoms with van der Waals surface area (Å²) < 4.78 is 1.62. The van der Waals surface area contributed by atoms with E-state index >= 15 is 0 Å². The molecule has 0 bridgehead atoms. The van der Waals surface area contributed by atoms with Crippen molar-refractivity contribution in [1.29, 1.82) is 0 Å². The lowest BCUT2D eigenvalue weighted by Crippen LogP contribution is -2.12. The van der Waals surface area contributed by atoms with Gasteiger partial charge < -0.3 is 5.32 Å². The Morgan fingerprint density at radius 2 is 1.75 bits per heavy atom. The van der Waals surface area contributed by atoms with Crippen LogP contribution in [-0.2, 0) is 5.75 Å². The van der Waals surface area contributed by atoms with Crippen molar-refractivity contribution in [1.82, 2.24) is 20.2 Å². The number of aromatic nitrogens is 4. The zero-order chi connectivity index (χ0) is 22.5. The van der Waals surface area contributed by atoms with Gasteiger partial charge >= 0.3 is 0 Å². The lowest BCUT2D eigenvalue weighted by atomic mass is 10.1. The van der Waals surface area contributed by atoms with Crippen molar-refractivity contribution < 1.29 is 9.59 Å². The number of nitrogens with zero attached hydrogens (tertiary/aromatic N) is 4. The largest absolute Gasteiger partial charge is 0.322 e. The molecule has 0 fully saturated rings. The van der Waals surface area contributed by atoms with Crippen LogP contribution in [0.1, 0.15) is 33.2 Å². The molecule has 1 amide bonds. The highest BCUT2D eigenvalue weighted by molar-refractivity contribution is 7.98. The molecule has 0 aliphatic rings. The summed E-state index contributed by atoms with van der Waals surface area (Å²) >= 11 is 7.43. The van der Waals surface area contributed by atoms with Crippen LogP contribution in [0.15, 0.2) is 78.0 Å². The quantitative estimate of drug-likeness (QED) is 0.304. The Morgan fingerprint density at radius 3 is 2.47 bits per heavy atom.